The lowest BCUT2D eigenvalue weighted by Gasteiger charge is -2.28. The Labute approximate surface area is 79.8 Å². The maximum absolute atomic E-state index is 5.35. The summed E-state index contributed by atoms with van der Waals surface area (Å²) in [4.78, 5) is 0. The van der Waals surface area contributed by atoms with Gasteiger partial charge in [-0.05, 0) is 30.1 Å². The van der Waals surface area contributed by atoms with Crippen molar-refractivity contribution in [3.63, 3.8) is 0 Å². The summed E-state index contributed by atoms with van der Waals surface area (Å²) in [5, 5.41) is 0. The highest BCUT2D eigenvalue weighted by Gasteiger charge is 2.30. The molecule has 1 nitrogen and oxygen atoms in total. The Hall–Kier alpha value is -0.980. The Morgan fingerprint density at radius 1 is 1.38 bits per heavy atom. The zero-order chi connectivity index (χ0) is 9.47. The van der Waals surface area contributed by atoms with Crippen molar-refractivity contribution in [2.24, 2.45) is 5.41 Å². The van der Waals surface area contributed by atoms with Crippen LogP contribution in [-0.2, 0) is 4.74 Å². The van der Waals surface area contributed by atoms with E-state index in [1.54, 1.807) is 7.11 Å². The predicted molar refractivity (Wildman–Crippen MR) is 54.3 cm³/mol. The van der Waals surface area contributed by atoms with E-state index in [2.05, 4.69) is 32.1 Å². The molecule has 0 bridgehead atoms. The normalized spacial score (nSPS) is 24.4. The summed E-state index contributed by atoms with van der Waals surface area (Å²) in [5.74, 6) is 1.06. The van der Waals surface area contributed by atoms with Gasteiger partial charge in [0.1, 0.15) is 5.76 Å². The number of ether oxygens (including phenoxy) is 1. The highest BCUT2D eigenvalue weighted by molar-refractivity contribution is 5.50. The molecule has 0 amide bonds. The topological polar surface area (TPSA) is 9.23 Å². The van der Waals surface area contributed by atoms with Crippen molar-refractivity contribution in [3.8, 4) is 0 Å². The molecular weight excluding hydrogens is 160 g/mol. The fourth-order valence-corrected chi connectivity index (χ4v) is 2.19. The standard InChI is InChI=1S/C12H16O/c1-12(2)8-7-11(13-3)9-5-4-6-10(9)12/h6-8H,4-5H2,1-3H3. The summed E-state index contributed by atoms with van der Waals surface area (Å²) in [6.45, 7) is 4.51. The minimum atomic E-state index is 0.202. The lowest BCUT2D eigenvalue weighted by Crippen LogP contribution is -2.16. The van der Waals surface area contributed by atoms with Gasteiger partial charge in [-0.3, -0.25) is 0 Å². The molecule has 2 aliphatic carbocycles. The van der Waals surface area contributed by atoms with E-state index >= 15 is 0 Å². The Morgan fingerprint density at radius 3 is 2.85 bits per heavy atom. The smallest absolute Gasteiger partial charge is 0.122 e. The van der Waals surface area contributed by atoms with Gasteiger partial charge in [-0.15, -0.1) is 0 Å². The first kappa shape index (κ1) is 8.61. The first-order valence-corrected chi connectivity index (χ1v) is 4.82. The van der Waals surface area contributed by atoms with Crippen molar-refractivity contribution in [2.75, 3.05) is 7.11 Å². The molecule has 0 N–H and O–H groups in total. The van der Waals surface area contributed by atoms with Crippen molar-refractivity contribution in [1.29, 1.82) is 0 Å². The van der Waals surface area contributed by atoms with Crippen molar-refractivity contribution in [3.05, 3.63) is 35.1 Å². The van der Waals surface area contributed by atoms with E-state index in [0.717, 1.165) is 12.2 Å². The molecule has 0 heterocycles. The molecule has 13 heavy (non-hydrogen) atoms. The van der Waals surface area contributed by atoms with Crippen LogP contribution < -0.4 is 0 Å². The van der Waals surface area contributed by atoms with E-state index in [1.165, 1.54) is 17.6 Å². The molecule has 1 heteroatoms. The van der Waals surface area contributed by atoms with E-state index < -0.39 is 0 Å². The maximum Gasteiger partial charge on any atom is 0.122 e. The third-order valence-electron chi connectivity index (χ3n) is 2.93. The Kier molecular flexibility index (Phi) is 1.83. The minimum absolute atomic E-state index is 0.202. The predicted octanol–water partition coefficient (Wildman–Crippen LogP) is 3.20. The van der Waals surface area contributed by atoms with Gasteiger partial charge in [0.2, 0.25) is 0 Å². The lowest BCUT2D eigenvalue weighted by atomic mass is 9.78. The number of allylic oxidation sites excluding steroid dienone is 5. The minimum Gasteiger partial charge on any atom is -0.496 e. The van der Waals surface area contributed by atoms with Gasteiger partial charge in [-0.25, -0.2) is 0 Å². The van der Waals surface area contributed by atoms with Crippen LogP contribution in [0.2, 0.25) is 0 Å². The van der Waals surface area contributed by atoms with Gasteiger partial charge >= 0.3 is 0 Å². The van der Waals surface area contributed by atoms with E-state index in [-0.39, 0.29) is 5.41 Å². The van der Waals surface area contributed by atoms with Crippen LogP contribution >= 0.6 is 0 Å². The van der Waals surface area contributed by atoms with Gasteiger partial charge < -0.3 is 4.74 Å². The molecule has 70 valence electrons. The van der Waals surface area contributed by atoms with Crippen LogP contribution in [0.15, 0.2) is 35.1 Å². The summed E-state index contributed by atoms with van der Waals surface area (Å²) in [5.41, 5.74) is 3.08. The molecule has 0 saturated heterocycles. The summed E-state index contributed by atoms with van der Waals surface area (Å²) < 4.78 is 5.35. The average molecular weight is 176 g/mol. The van der Waals surface area contributed by atoms with E-state index in [1.807, 2.05) is 0 Å². The van der Waals surface area contributed by atoms with Crippen LogP contribution in [0, 0.1) is 5.41 Å². The van der Waals surface area contributed by atoms with Crippen molar-refractivity contribution < 1.29 is 4.74 Å². The molecule has 0 aromatic rings. The molecule has 0 spiro atoms. The first-order valence-electron chi connectivity index (χ1n) is 4.82. The van der Waals surface area contributed by atoms with Crippen molar-refractivity contribution in [2.45, 2.75) is 26.7 Å². The second kappa shape index (κ2) is 2.76. The second-order valence-corrected chi connectivity index (χ2v) is 4.26. The maximum atomic E-state index is 5.35. The third kappa shape index (κ3) is 1.23. The monoisotopic (exact) mass is 176 g/mol. The molecule has 2 aliphatic rings. The average Bonchev–Trinajstić information content (AvgIpc) is 2.54. The van der Waals surface area contributed by atoms with Crippen LogP contribution in [-0.4, -0.2) is 7.11 Å². The zero-order valence-electron chi connectivity index (χ0n) is 8.55. The summed E-state index contributed by atoms with van der Waals surface area (Å²) in [6.07, 6.45) is 9.00. The van der Waals surface area contributed by atoms with Crippen molar-refractivity contribution >= 4 is 0 Å². The summed E-state index contributed by atoms with van der Waals surface area (Å²) in [7, 11) is 1.75. The van der Waals surface area contributed by atoms with E-state index in [0.29, 0.717) is 0 Å². The lowest BCUT2D eigenvalue weighted by molar-refractivity contribution is 0.297. The molecule has 0 aliphatic heterocycles. The van der Waals surface area contributed by atoms with Gasteiger partial charge in [0.05, 0.1) is 7.11 Å². The largest absolute Gasteiger partial charge is 0.496 e. The Morgan fingerprint density at radius 2 is 2.15 bits per heavy atom. The van der Waals surface area contributed by atoms with Crippen molar-refractivity contribution in [1.82, 2.24) is 0 Å². The van der Waals surface area contributed by atoms with Crippen LogP contribution in [0.4, 0.5) is 0 Å². The van der Waals surface area contributed by atoms with Crippen LogP contribution in [0.3, 0.4) is 0 Å². The Bertz CT molecular complexity index is 316. The zero-order valence-corrected chi connectivity index (χ0v) is 8.55. The molecule has 0 fully saturated rings. The molecule has 0 radical (unpaired) electrons. The fraction of sp³-hybridized carbons (Fsp3) is 0.500. The molecule has 0 aromatic carbocycles. The van der Waals surface area contributed by atoms with Gasteiger partial charge in [-0.2, -0.15) is 0 Å². The number of methoxy groups -OCH3 is 1. The molecule has 0 aromatic heterocycles. The third-order valence-corrected chi connectivity index (χ3v) is 2.93. The van der Waals surface area contributed by atoms with Crippen LogP contribution in [0.5, 0.6) is 0 Å². The first-order chi connectivity index (χ1) is 6.15. The SMILES string of the molecule is COC1=C2CCC=C2C(C)(C)C=C1. The Balaban J connectivity index is 2.47. The van der Waals surface area contributed by atoms with Gasteiger partial charge in [-0.1, -0.05) is 26.0 Å². The summed E-state index contributed by atoms with van der Waals surface area (Å²) in [6, 6.07) is 0. The highest BCUT2D eigenvalue weighted by atomic mass is 16.5. The second-order valence-electron chi connectivity index (χ2n) is 4.26. The number of fused-ring (bicyclic) bond motifs is 1. The van der Waals surface area contributed by atoms with Crippen LogP contribution in [0.1, 0.15) is 26.7 Å². The highest BCUT2D eigenvalue weighted by Crippen LogP contribution is 2.44. The molecular formula is C12H16O. The van der Waals surface area contributed by atoms with Gasteiger partial charge in [0, 0.05) is 5.41 Å². The van der Waals surface area contributed by atoms with E-state index in [9.17, 15) is 0 Å². The fourth-order valence-electron chi connectivity index (χ4n) is 2.19. The quantitative estimate of drug-likeness (QED) is 0.596. The molecule has 2 rings (SSSR count). The van der Waals surface area contributed by atoms with Gasteiger partial charge in [0.15, 0.2) is 0 Å². The van der Waals surface area contributed by atoms with Crippen LogP contribution in [0.25, 0.3) is 0 Å². The summed E-state index contributed by atoms with van der Waals surface area (Å²) >= 11 is 0. The van der Waals surface area contributed by atoms with Gasteiger partial charge in [0.25, 0.3) is 0 Å². The molecule has 0 unspecified atom stereocenters. The van der Waals surface area contributed by atoms with E-state index in [4.69, 9.17) is 4.74 Å². The number of hydrogen-bond donors (Lipinski definition) is 0. The molecule has 0 atom stereocenters. The number of hydrogen-bond acceptors (Lipinski definition) is 1. The molecule has 0 saturated carbocycles. The number of rotatable bonds is 1.